The van der Waals surface area contributed by atoms with Gasteiger partial charge in [-0.3, -0.25) is 10.1 Å². The molecule has 3 aromatic rings. The van der Waals surface area contributed by atoms with Gasteiger partial charge in [-0.15, -0.1) is 0 Å². The fourth-order valence-corrected chi connectivity index (χ4v) is 2.57. The highest BCUT2D eigenvalue weighted by Crippen LogP contribution is 2.24. The van der Waals surface area contributed by atoms with Gasteiger partial charge in [0.2, 0.25) is 5.88 Å². The third-order valence-corrected chi connectivity index (χ3v) is 4.21. The number of carbonyl (C=O) groups is 1. The molecule has 0 saturated heterocycles. The molecule has 0 fully saturated rings. The molecule has 0 radical (unpaired) electrons. The molecule has 0 atom stereocenters. The van der Waals surface area contributed by atoms with E-state index >= 15 is 0 Å². The molecule has 1 aromatic heterocycles. The maximum absolute atomic E-state index is 12.1. The van der Waals surface area contributed by atoms with Crippen molar-refractivity contribution in [2.75, 3.05) is 11.9 Å². The Morgan fingerprint density at radius 2 is 1.74 bits per heavy atom. The Labute approximate surface area is 159 Å². The maximum Gasteiger partial charge on any atom is 0.264 e. The molecule has 5 heteroatoms. The lowest BCUT2D eigenvalue weighted by molar-refractivity contribution is -0.118. The van der Waals surface area contributed by atoms with Gasteiger partial charge in [-0.2, -0.15) is 0 Å². The number of hydrogen-bond donors (Lipinski definition) is 1. The van der Waals surface area contributed by atoms with Crippen molar-refractivity contribution in [3.8, 4) is 17.0 Å². The summed E-state index contributed by atoms with van der Waals surface area (Å²) in [6, 6.07) is 17.4. The first kappa shape index (κ1) is 18.7. The lowest BCUT2D eigenvalue weighted by atomic mass is 9.87. The molecule has 1 amide bonds. The van der Waals surface area contributed by atoms with E-state index < -0.39 is 0 Å². The molecule has 27 heavy (non-hydrogen) atoms. The van der Waals surface area contributed by atoms with Gasteiger partial charge in [0, 0.05) is 11.6 Å². The Morgan fingerprint density at radius 3 is 2.37 bits per heavy atom. The fraction of sp³-hybridized carbons (Fsp3) is 0.273. The summed E-state index contributed by atoms with van der Waals surface area (Å²) in [6.07, 6.45) is 0. The van der Waals surface area contributed by atoms with Crippen LogP contribution in [-0.4, -0.2) is 17.7 Å². The molecule has 1 heterocycles. The van der Waals surface area contributed by atoms with Crippen LogP contribution in [0.2, 0.25) is 0 Å². The first-order valence-electron chi connectivity index (χ1n) is 8.88. The van der Waals surface area contributed by atoms with Crippen LogP contribution < -0.4 is 10.1 Å². The number of aryl methyl sites for hydroxylation is 1. The molecule has 0 aliphatic carbocycles. The number of ether oxygens (including phenoxy) is 1. The Kier molecular flexibility index (Phi) is 5.31. The van der Waals surface area contributed by atoms with Crippen molar-refractivity contribution < 1.29 is 14.1 Å². The monoisotopic (exact) mass is 364 g/mol. The molecule has 0 unspecified atom stereocenters. The SMILES string of the molecule is Cc1ccc(-c2cc(NC(=O)COc3ccc(C(C)(C)C)cc3)on2)cc1. The Balaban J connectivity index is 1.54. The normalized spacial score (nSPS) is 11.3. The second kappa shape index (κ2) is 7.66. The van der Waals surface area contributed by atoms with Crippen molar-refractivity contribution in [2.45, 2.75) is 33.1 Å². The van der Waals surface area contributed by atoms with E-state index in [1.54, 1.807) is 6.07 Å². The van der Waals surface area contributed by atoms with Gasteiger partial charge in [-0.1, -0.05) is 67.9 Å². The topological polar surface area (TPSA) is 64.4 Å². The molecule has 0 aliphatic heterocycles. The van der Waals surface area contributed by atoms with Gasteiger partial charge in [-0.05, 0) is 30.0 Å². The summed E-state index contributed by atoms with van der Waals surface area (Å²) >= 11 is 0. The van der Waals surface area contributed by atoms with E-state index in [4.69, 9.17) is 9.26 Å². The van der Waals surface area contributed by atoms with E-state index in [9.17, 15) is 4.79 Å². The van der Waals surface area contributed by atoms with Crippen LogP contribution in [0.15, 0.2) is 59.1 Å². The summed E-state index contributed by atoms with van der Waals surface area (Å²) < 4.78 is 10.7. The van der Waals surface area contributed by atoms with Crippen LogP contribution in [0.5, 0.6) is 5.75 Å². The highest BCUT2D eigenvalue weighted by Gasteiger charge is 2.14. The number of benzene rings is 2. The van der Waals surface area contributed by atoms with Crippen molar-refractivity contribution in [2.24, 2.45) is 0 Å². The molecule has 0 bridgehead atoms. The molecule has 0 saturated carbocycles. The second-order valence-corrected chi connectivity index (χ2v) is 7.55. The predicted octanol–water partition coefficient (Wildman–Crippen LogP) is 4.97. The number of rotatable bonds is 5. The number of hydrogen-bond acceptors (Lipinski definition) is 4. The smallest absolute Gasteiger partial charge is 0.264 e. The Bertz CT molecular complexity index is 904. The maximum atomic E-state index is 12.1. The van der Waals surface area contributed by atoms with Crippen LogP contribution in [0.1, 0.15) is 31.9 Å². The van der Waals surface area contributed by atoms with Gasteiger partial charge in [0.15, 0.2) is 6.61 Å². The minimum atomic E-state index is -0.304. The van der Waals surface area contributed by atoms with E-state index in [0.717, 1.165) is 5.56 Å². The predicted molar refractivity (Wildman–Crippen MR) is 106 cm³/mol. The molecular weight excluding hydrogens is 340 g/mol. The van der Waals surface area contributed by atoms with Crippen LogP contribution in [0, 0.1) is 6.92 Å². The van der Waals surface area contributed by atoms with E-state index in [1.165, 1.54) is 11.1 Å². The fourth-order valence-electron chi connectivity index (χ4n) is 2.57. The Hall–Kier alpha value is -3.08. The van der Waals surface area contributed by atoms with Gasteiger partial charge in [0.05, 0.1) is 0 Å². The number of nitrogens with one attached hydrogen (secondary N) is 1. The van der Waals surface area contributed by atoms with E-state index in [-0.39, 0.29) is 17.9 Å². The van der Waals surface area contributed by atoms with Crippen molar-refractivity contribution >= 4 is 11.8 Å². The van der Waals surface area contributed by atoms with Gasteiger partial charge in [-0.25, -0.2) is 0 Å². The molecule has 0 aliphatic rings. The van der Waals surface area contributed by atoms with Crippen LogP contribution >= 0.6 is 0 Å². The average molecular weight is 364 g/mol. The highest BCUT2D eigenvalue weighted by atomic mass is 16.5. The van der Waals surface area contributed by atoms with E-state index in [1.807, 2.05) is 55.5 Å². The summed E-state index contributed by atoms with van der Waals surface area (Å²) in [5.41, 5.74) is 4.06. The number of carbonyl (C=O) groups excluding carboxylic acids is 1. The molecule has 1 N–H and O–H groups in total. The quantitative estimate of drug-likeness (QED) is 0.694. The summed E-state index contributed by atoms with van der Waals surface area (Å²) in [6.45, 7) is 8.38. The summed E-state index contributed by atoms with van der Waals surface area (Å²) in [7, 11) is 0. The zero-order chi connectivity index (χ0) is 19.4. The van der Waals surface area contributed by atoms with Crippen molar-refractivity contribution in [1.29, 1.82) is 0 Å². The molecule has 3 rings (SSSR count). The summed E-state index contributed by atoms with van der Waals surface area (Å²) in [5, 5.41) is 6.65. The Morgan fingerprint density at radius 1 is 1.07 bits per heavy atom. The van der Waals surface area contributed by atoms with Crippen LogP contribution in [0.4, 0.5) is 5.88 Å². The van der Waals surface area contributed by atoms with Crippen LogP contribution in [-0.2, 0) is 10.2 Å². The molecule has 2 aromatic carbocycles. The lowest BCUT2D eigenvalue weighted by Gasteiger charge is -2.19. The molecule has 140 valence electrons. The number of anilines is 1. The van der Waals surface area contributed by atoms with Crippen molar-refractivity contribution in [1.82, 2.24) is 5.16 Å². The zero-order valence-electron chi connectivity index (χ0n) is 16.1. The molecular formula is C22H24N2O3. The zero-order valence-corrected chi connectivity index (χ0v) is 16.1. The average Bonchev–Trinajstić information content (AvgIpc) is 3.08. The number of amides is 1. The standard InChI is InChI=1S/C22H24N2O3/c1-15-5-7-16(8-6-15)19-13-21(27-24-19)23-20(25)14-26-18-11-9-17(10-12-18)22(2,3)4/h5-13H,14H2,1-4H3,(H,23,25). The van der Waals surface area contributed by atoms with Gasteiger partial charge in [0.1, 0.15) is 11.4 Å². The first-order valence-corrected chi connectivity index (χ1v) is 8.88. The molecule has 0 spiro atoms. The third kappa shape index (κ3) is 4.97. The van der Waals surface area contributed by atoms with Crippen LogP contribution in [0.25, 0.3) is 11.3 Å². The first-order chi connectivity index (χ1) is 12.8. The van der Waals surface area contributed by atoms with Gasteiger partial charge >= 0.3 is 0 Å². The highest BCUT2D eigenvalue weighted by molar-refractivity contribution is 5.91. The van der Waals surface area contributed by atoms with E-state index in [2.05, 4.69) is 31.2 Å². The number of aromatic nitrogens is 1. The minimum absolute atomic E-state index is 0.0807. The largest absolute Gasteiger partial charge is 0.484 e. The molecule has 5 nitrogen and oxygen atoms in total. The lowest BCUT2D eigenvalue weighted by Crippen LogP contribution is -2.20. The van der Waals surface area contributed by atoms with Crippen molar-refractivity contribution in [3.05, 3.63) is 65.7 Å². The van der Waals surface area contributed by atoms with Gasteiger partial charge in [0.25, 0.3) is 5.91 Å². The van der Waals surface area contributed by atoms with Crippen molar-refractivity contribution in [3.63, 3.8) is 0 Å². The van der Waals surface area contributed by atoms with E-state index in [0.29, 0.717) is 17.3 Å². The summed E-state index contributed by atoms with van der Waals surface area (Å²) in [5.74, 6) is 0.639. The third-order valence-electron chi connectivity index (χ3n) is 4.21. The van der Waals surface area contributed by atoms with Crippen LogP contribution in [0.3, 0.4) is 0 Å². The second-order valence-electron chi connectivity index (χ2n) is 7.55. The van der Waals surface area contributed by atoms with Gasteiger partial charge < -0.3 is 9.26 Å². The summed E-state index contributed by atoms with van der Waals surface area (Å²) in [4.78, 5) is 12.1. The number of nitrogens with zero attached hydrogens (tertiary/aromatic N) is 1. The minimum Gasteiger partial charge on any atom is -0.484 e.